The van der Waals surface area contributed by atoms with Gasteiger partial charge in [-0.2, -0.15) is 5.10 Å². The van der Waals surface area contributed by atoms with Crippen molar-refractivity contribution in [1.82, 2.24) is 14.7 Å². The van der Waals surface area contributed by atoms with Crippen LogP contribution in [-0.2, 0) is 14.9 Å². The summed E-state index contributed by atoms with van der Waals surface area (Å²) in [6.07, 6.45) is 3.76. The van der Waals surface area contributed by atoms with Crippen molar-refractivity contribution < 1.29 is 19.1 Å². The minimum absolute atomic E-state index is 0.157. The number of methoxy groups -OCH3 is 1. The number of hydrogen-bond acceptors (Lipinski definition) is 5. The lowest BCUT2D eigenvalue weighted by Gasteiger charge is -2.33. The molecule has 7 nitrogen and oxygen atoms in total. The zero-order chi connectivity index (χ0) is 23.4. The molecule has 2 aromatic carbocycles. The largest absolute Gasteiger partial charge is 0.465 e. The molecule has 3 aromatic rings. The highest BCUT2D eigenvalue weighted by molar-refractivity contribution is 6.02. The Kier molecular flexibility index (Phi) is 4.96. The van der Waals surface area contributed by atoms with Crippen LogP contribution >= 0.6 is 0 Å². The van der Waals surface area contributed by atoms with Gasteiger partial charge in [-0.1, -0.05) is 24.3 Å². The molecule has 2 fully saturated rings. The molecule has 1 aliphatic carbocycles. The van der Waals surface area contributed by atoms with Crippen LogP contribution in [0.5, 0.6) is 0 Å². The second-order valence-electron chi connectivity index (χ2n) is 10.1. The summed E-state index contributed by atoms with van der Waals surface area (Å²) in [5, 5.41) is 5.52. The van der Waals surface area contributed by atoms with Gasteiger partial charge in [0.1, 0.15) is 11.1 Å². The Morgan fingerprint density at radius 1 is 1.12 bits per heavy atom. The number of nitrogens with zero attached hydrogens (tertiary/aromatic N) is 3. The summed E-state index contributed by atoms with van der Waals surface area (Å²) in [6.45, 7) is 7.16. The molecule has 2 unspecified atom stereocenters. The van der Waals surface area contributed by atoms with E-state index in [1.54, 1.807) is 10.7 Å². The fraction of sp³-hybridized carbons (Fsp3) is 0.423. The van der Waals surface area contributed by atoms with Gasteiger partial charge >= 0.3 is 12.1 Å². The van der Waals surface area contributed by atoms with Gasteiger partial charge in [-0.3, -0.25) is 0 Å². The number of carbonyl (C=O) groups is 2. The third-order valence-corrected chi connectivity index (χ3v) is 6.80. The van der Waals surface area contributed by atoms with E-state index in [2.05, 4.69) is 29.4 Å². The Morgan fingerprint density at radius 2 is 1.88 bits per heavy atom. The minimum Gasteiger partial charge on any atom is -0.465 e. The average molecular weight is 448 g/mol. The van der Waals surface area contributed by atoms with E-state index in [9.17, 15) is 9.59 Å². The highest BCUT2D eigenvalue weighted by Gasteiger charge is 2.58. The zero-order valence-electron chi connectivity index (χ0n) is 19.5. The number of aromatic nitrogens is 2. The molecule has 2 atom stereocenters. The first-order chi connectivity index (χ1) is 15.7. The summed E-state index contributed by atoms with van der Waals surface area (Å²) in [7, 11) is 1.37. The maximum atomic E-state index is 12.4. The van der Waals surface area contributed by atoms with E-state index in [1.807, 2.05) is 44.0 Å². The smallest absolute Gasteiger partial charge is 0.410 e. The average Bonchev–Trinajstić information content (AvgIpc) is 3.37. The number of amides is 1. The Balaban J connectivity index is 1.33. The van der Waals surface area contributed by atoms with E-state index < -0.39 is 11.6 Å². The van der Waals surface area contributed by atoms with Crippen LogP contribution < -0.4 is 0 Å². The highest BCUT2D eigenvalue weighted by atomic mass is 16.6. The highest BCUT2D eigenvalue weighted by Crippen LogP contribution is 2.59. The van der Waals surface area contributed by atoms with Gasteiger partial charge in [0.15, 0.2) is 0 Å². The summed E-state index contributed by atoms with van der Waals surface area (Å²) in [6, 6.07) is 14.0. The van der Waals surface area contributed by atoms with Crippen LogP contribution in [0.1, 0.15) is 49.5 Å². The van der Waals surface area contributed by atoms with Crippen LogP contribution in [0.4, 0.5) is 4.79 Å². The van der Waals surface area contributed by atoms with E-state index in [0.29, 0.717) is 23.5 Å². The van der Waals surface area contributed by atoms with Gasteiger partial charge in [0.05, 0.1) is 18.4 Å². The lowest BCUT2D eigenvalue weighted by Crippen LogP contribution is -2.43. The van der Waals surface area contributed by atoms with E-state index in [-0.39, 0.29) is 11.5 Å². The SMILES string of the molecule is COC(=O)c1cccc2cn(-c3ccc(C45CCN(C(=O)OC(C)(C)C)CC4C5)cc3)nc12. The molecule has 1 amide bonds. The fourth-order valence-corrected chi connectivity index (χ4v) is 5.01. The molecule has 1 saturated carbocycles. The van der Waals surface area contributed by atoms with Crippen LogP contribution in [0, 0.1) is 5.92 Å². The lowest BCUT2D eigenvalue weighted by atomic mass is 9.87. The molecule has 1 aliphatic heterocycles. The Hall–Kier alpha value is -3.35. The monoisotopic (exact) mass is 447 g/mol. The zero-order valence-corrected chi connectivity index (χ0v) is 19.5. The minimum atomic E-state index is -0.472. The molecule has 0 spiro atoms. The predicted molar refractivity (Wildman–Crippen MR) is 125 cm³/mol. The van der Waals surface area contributed by atoms with Gasteiger partial charge in [0.25, 0.3) is 0 Å². The number of piperidine rings is 1. The van der Waals surface area contributed by atoms with E-state index in [4.69, 9.17) is 9.47 Å². The van der Waals surface area contributed by atoms with Crippen molar-refractivity contribution in [2.75, 3.05) is 20.2 Å². The quantitative estimate of drug-likeness (QED) is 0.544. The van der Waals surface area contributed by atoms with Crippen molar-refractivity contribution in [2.24, 2.45) is 5.92 Å². The third-order valence-electron chi connectivity index (χ3n) is 6.80. The third kappa shape index (κ3) is 3.86. The molecule has 2 aliphatic rings. The first-order valence-electron chi connectivity index (χ1n) is 11.4. The number of likely N-dealkylation sites (tertiary alicyclic amines) is 1. The Labute approximate surface area is 193 Å². The molecule has 172 valence electrons. The van der Waals surface area contributed by atoms with Gasteiger partial charge in [-0.15, -0.1) is 0 Å². The number of benzene rings is 2. The fourth-order valence-electron chi connectivity index (χ4n) is 5.01. The van der Waals surface area contributed by atoms with Gasteiger partial charge in [-0.25, -0.2) is 14.3 Å². The number of esters is 1. The molecule has 1 aromatic heterocycles. The van der Waals surface area contributed by atoms with Gasteiger partial charge in [0.2, 0.25) is 0 Å². The van der Waals surface area contributed by atoms with Crippen molar-refractivity contribution in [3.05, 3.63) is 59.8 Å². The van der Waals surface area contributed by atoms with Crippen LogP contribution in [-0.4, -0.2) is 52.5 Å². The summed E-state index contributed by atoms with van der Waals surface area (Å²) in [5.41, 5.74) is 3.02. The molecule has 0 N–H and O–H groups in total. The Morgan fingerprint density at radius 3 is 2.55 bits per heavy atom. The van der Waals surface area contributed by atoms with Gasteiger partial charge < -0.3 is 14.4 Å². The van der Waals surface area contributed by atoms with E-state index in [0.717, 1.165) is 30.5 Å². The lowest BCUT2D eigenvalue weighted by molar-refractivity contribution is 0.0198. The molecule has 5 rings (SSSR count). The van der Waals surface area contributed by atoms with Crippen LogP contribution in [0.15, 0.2) is 48.7 Å². The molecule has 1 saturated heterocycles. The second kappa shape index (κ2) is 7.61. The molecular formula is C26H29N3O4. The van der Waals surface area contributed by atoms with E-state index in [1.165, 1.54) is 12.7 Å². The number of rotatable bonds is 3. The normalized spacial score (nSPS) is 22.1. The number of carbonyl (C=O) groups excluding carboxylic acids is 2. The molecule has 2 heterocycles. The number of fused-ring (bicyclic) bond motifs is 2. The standard InChI is InChI=1S/C26H29N3O4/c1-25(2,3)33-24(31)28-13-12-26(14-19(26)16-28)18-8-10-20(11-9-18)29-15-17-6-5-7-21(22(17)27-29)23(30)32-4/h5-11,15,19H,12-14,16H2,1-4H3. The van der Waals surface area contributed by atoms with Crippen molar-refractivity contribution in [2.45, 2.75) is 44.6 Å². The summed E-state index contributed by atoms with van der Waals surface area (Å²) >= 11 is 0. The van der Waals surface area contributed by atoms with Crippen LogP contribution in [0.2, 0.25) is 0 Å². The summed E-state index contributed by atoms with van der Waals surface area (Å²) < 4.78 is 12.2. The van der Waals surface area contributed by atoms with Crippen LogP contribution in [0.3, 0.4) is 0 Å². The number of hydrogen-bond donors (Lipinski definition) is 0. The van der Waals surface area contributed by atoms with Crippen molar-refractivity contribution in [1.29, 1.82) is 0 Å². The Bertz CT molecular complexity index is 1220. The molecule has 0 radical (unpaired) electrons. The second-order valence-corrected chi connectivity index (χ2v) is 10.1. The maximum absolute atomic E-state index is 12.4. The number of ether oxygens (including phenoxy) is 2. The van der Waals surface area contributed by atoms with E-state index >= 15 is 0 Å². The van der Waals surface area contributed by atoms with Crippen LogP contribution in [0.25, 0.3) is 16.6 Å². The molecular weight excluding hydrogens is 418 g/mol. The summed E-state index contributed by atoms with van der Waals surface area (Å²) in [4.78, 5) is 26.4. The first-order valence-corrected chi connectivity index (χ1v) is 11.4. The van der Waals surface area contributed by atoms with Crippen molar-refractivity contribution in [3.63, 3.8) is 0 Å². The first kappa shape index (κ1) is 21.5. The van der Waals surface area contributed by atoms with Crippen molar-refractivity contribution >= 4 is 23.0 Å². The van der Waals surface area contributed by atoms with Crippen molar-refractivity contribution in [3.8, 4) is 5.69 Å². The molecule has 33 heavy (non-hydrogen) atoms. The molecule has 0 bridgehead atoms. The summed E-state index contributed by atoms with van der Waals surface area (Å²) in [5.74, 6) is 0.0809. The van der Waals surface area contributed by atoms with Gasteiger partial charge in [0, 0.05) is 30.1 Å². The topological polar surface area (TPSA) is 73.7 Å². The van der Waals surface area contributed by atoms with Gasteiger partial charge in [-0.05, 0) is 63.3 Å². The molecule has 7 heteroatoms. The predicted octanol–water partition coefficient (Wildman–Crippen LogP) is 4.71. The maximum Gasteiger partial charge on any atom is 0.410 e.